The molecular formula is C13H15NO5. The number of esters is 1. The molecule has 0 bridgehead atoms. The molecule has 0 aliphatic heterocycles. The zero-order valence-electron chi connectivity index (χ0n) is 10.7. The predicted molar refractivity (Wildman–Crippen MR) is 69.0 cm³/mol. The molecule has 0 spiro atoms. The van der Waals surface area contributed by atoms with Crippen LogP contribution in [-0.4, -0.2) is 30.8 Å². The Morgan fingerprint density at radius 2 is 1.95 bits per heavy atom. The first kappa shape index (κ1) is 14.6. The molecular weight excluding hydrogens is 250 g/mol. The first-order valence-corrected chi connectivity index (χ1v) is 5.59. The number of carboxylic acid groups (broad SMARTS) is 1. The summed E-state index contributed by atoms with van der Waals surface area (Å²) in [5.41, 5.74) is 0.168. The van der Waals surface area contributed by atoms with Crippen LogP contribution in [0.15, 0.2) is 36.0 Å². The first-order chi connectivity index (χ1) is 9.08. The van der Waals surface area contributed by atoms with Gasteiger partial charge in [-0.2, -0.15) is 0 Å². The zero-order valence-corrected chi connectivity index (χ0v) is 10.7. The molecule has 1 rings (SSSR count). The standard InChI is InChI=1S/C13H15NO5/c1-3-19-13(17)11(12(15)16)8-14-9-4-6-10(18-2)7-5-9/h4-8,14H,3H2,1-2H3,(H,15,16). The largest absolute Gasteiger partial charge is 0.497 e. The minimum atomic E-state index is -1.35. The summed E-state index contributed by atoms with van der Waals surface area (Å²) in [5.74, 6) is -1.55. The molecule has 0 aliphatic rings. The molecule has 1 aromatic carbocycles. The van der Waals surface area contributed by atoms with Gasteiger partial charge in [-0.05, 0) is 31.2 Å². The highest BCUT2D eigenvalue weighted by atomic mass is 16.5. The number of benzene rings is 1. The molecule has 0 unspecified atom stereocenters. The van der Waals surface area contributed by atoms with Crippen LogP contribution in [0.3, 0.4) is 0 Å². The lowest BCUT2D eigenvalue weighted by atomic mass is 10.2. The van der Waals surface area contributed by atoms with Crippen molar-refractivity contribution in [1.82, 2.24) is 0 Å². The van der Waals surface area contributed by atoms with Crippen LogP contribution in [0.5, 0.6) is 5.75 Å². The molecule has 0 aliphatic carbocycles. The fourth-order valence-corrected chi connectivity index (χ4v) is 1.26. The number of carboxylic acids is 1. The molecule has 2 N–H and O–H groups in total. The number of ether oxygens (including phenoxy) is 2. The number of carbonyl (C=O) groups is 2. The van der Waals surface area contributed by atoms with Crippen LogP contribution in [0.2, 0.25) is 0 Å². The van der Waals surface area contributed by atoms with Crippen molar-refractivity contribution < 1.29 is 24.2 Å². The van der Waals surface area contributed by atoms with Gasteiger partial charge in [-0.3, -0.25) is 0 Å². The topological polar surface area (TPSA) is 84.9 Å². The maximum absolute atomic E-state index is 11.4. The molecule has 0 amide bonds. The van der Waals surface area contributed by atoms with E-state index in [1.54, 1.807) is 38.3 Å². The van der Waals surface area contributed by atoms with Crippen molar-refractivity contribution in [1.29, 1.82) is 0 Å². The Morgan fingerprint density at radius 1 is 1.32 bits per heavy atom. The van der Waals surface area contributed by atoms with E-state index in [0.29, 0.717) is 11.4 Å². The second-order valence-electron chi connectivity index (χ2n) is 3.46. The molecule has 0 aromatic heterocycles. The Hall–Kier alpha value is -2.50. The van der Waals surface area contributed by atoms with Gasteiger partial charge < -0.3 is 19.9 Å². The lowest BCUT2D eigenvalue weighted by molar-refractivity contribution is -0.143. The summed E-state index contributed by atoms with van der Waals surface area (Å²) >= 11 is 0. The van der Waals surface area contributed by atoms with E-state index in [-0.39, 0.29) is 6.61 Å². The van der Waals surface area contributed by atoms with Crippen LogP contribution in [0.4, 0.5) is 5.69 Å². The van der Waals surface area contributed by atoms with Crippen LogP contribution in [-0.2, 0) is 14.3 Å². The lowest BCUT2D eigenvalue weighted by Crippen LogP contribution is -2.16. The number of carbonyl (C=O) groups excluding carboxylic acids is 1. The van der Waals surface area contributed by atoms with E-state index in [4.69, 9.17) is 9.84 Å². The molecule has 19 heavy (non-hydrogen) atoms. The van der Waals surface area contributed by atoms with Crippen LogP contribution in [0, 0.1) is 0 Å². The van der Waals surface area contributed by atoms with E-state index in [1.807, 2.05) is 0 Å². The molecule has 0 fully saturated rings. The Morgan fingerprint density at radius 3 is 2.42 bits per heavy atom. The molecule has 1 aromatic rings. The molecule has 0 atom stereocenters. The van der Waals surface area contributed by atoms with E-state index < -0.39 is 17.5 Å². The number of rotatable bonds is 6. The molecule has 0 heterocycles. The third-order valence-corrected chi connectivity index (χ3v) is 2.20. The van der Waals surface area contributed by atoms with Gasteiger partial charge in [0.2, 0.25) is 0 Å². The van der Waals surface area contributed by atoms with Gasteiger partial charge in [0.1, 0.15) is 5.75 Å². The average molecular weight is 265 g/mol. The van der Waals surface area contributed by atoms with Gasteiger partial charge in [0.25, 0.3) is 0 Å². The predicted octanol–water partition coefficient (Wildman–Crippen LogP) is 1.64. The summed E-state index contributed by atoms with van der Waals surface area (Å²) in [6.45, 7) is 1.72. The minimum absolute atomic E-state index is 0.117. The number of hydrogen-bond donors (Lipinski definition) is 2. The lowest BCUT2D eigenvalue weighted by Gasteiger charge is -2.05. The third kappa shape index (κ3) is 4.34. The summed E-state index contributed by atoms with van der Waals surface area (Å²) in [6, 6.07) is 6.81. The second kappa shape index (κ2) is 7.05. The van der Waals surface area contributed by atoms with Crippen LogP contribution in [0.1, 0.15) is 6.92 Å². The van der Waals surface area contributed by atoms with E-state index in [2.05, 4.69) is 10.1 Å². The second-order valence-corrected chi connectivity index (χ2v) is 3.46. The number of nitrogens with one attached hydrogen (secondary N) is 1. The van der Waals surface area contributed by atoms with Crippen LogP contribution < -0.4 is 10.1 Å². The summed E-state index contributed by atoms with van der Waals surface area (Å²) < 4.78 is 9.63. The molecule has 0 saturated carbocycles. The molecule has 6 nitrogen and oxygen atoms in total. The zero-order chi connectivity index (χ0) is 14.3. The van der Waals surface area contributed by atoms with Gasteiger partial charge in [0, 0.05) is 11.9 Å². The van der Waals surface area contributed by atoms with Gasteiger partial charge in [-0.25, -0.2) is 9.59 Å². The Kier molecular flexibility index (Phi) is 5.40. The summed E-state index contributed by atoms with van der Waals surface area (Å²) in [4.78, 5) is 22.3. The summed E-state index contributed by atoms with van der Waals surface area (Å²) in [7, 11) is 1.55. The molecule has 0 saturated heterocycles. The molecule has 0 radical (unpaired) electrons. The Labute approximate surface area is 110 Å². The fraction of sp³-hybridized carbons (Fsp3) is 0.231. The SMILES string of the molecule is CCOC(=O)C(=CNc1ccc(OC)cc1)C(=O)O. The van der Waals surface area contributed by atoms with Gasteiger partial charge >= 0.3 is 11.9 Å². The van der Waals surface area contributed by atoms with Crippen LogP contribution in [0.25, 0.3) is 0 Å². The highest BCUT2D eigenvalue weighted by Crippen LogP contribution is 2.15. The van der Waals surface area contributed by atoms with Gasteiger partial charge in [-0.15, -0.1) is 0 Å². The summed E-state index contributed by atoms with van der Waals surface area (Å²) in [6.07, 6.45) is 1.10. The van der Waals surface area contributed by atoms with E-state index >= 15 is 0 Å². The molecule has 6 heteroatoms. The smallest absolute Gasteiger partial charge is 0.347 e. The van der Waals surface area contributed by atoms with Crippen molar-refractivity contribution in [2.75, 3.05) is 19.0 Å². The molecule has 102 valence electrons. The summed E-state index contributed by atoms with van der Waals surface area (Å²) in [5, 5.41) is 11.6. The van der Waals surface area contributed by atoms with Gasteiger partial charge in [0.05, 0.1) is 13.7 Å². The number of methoxy groups -OCH3 is 1. The first-order valence-electron chi connectivity index (χ1n) is 5.59. The normalized spacial score (nSPS) is 10.7. The van der Waals surface area contributed by atoms with Crippen molar-refractivity contribution in [3.05, 3.63) is 36.0 Å². The van der Waals surface area contributed by atoms with Crippen LogP contribution >= 0.6 is 0 Å². The van der Waals surface area contributed by atoms with E-state index in [9.17, 15) is 9.59 Å². The Bertz CT molecular complexity index is 478. The number of hydrogen-bond acceptors (Lipinski definition) is 5. The van der Waals surface area contributed by atoms with Crippen molar-refractivity contribution in [2.45, 2.75) is 6.92 Å². The van der Waals surface area contributed by atoms with Crippen molar-refractivity contribution >= 4 is 17.6 Å². The highest BCUT2D eigenvalue weighted by Gasteiger charge is 2.18. The van der Waals surface area contributed by atoms with Gasteiger partial charge in [-0.1, -0.05) is 0 Å². The fourth-order valence-electron chi connectivity index (χ4n) is 1.26. The minimum Gasteiger partial charge on any atom is -0.497 e. The maximum atomic E-state index is 11.4. The average Bonchev–Trinajstić information content (AvgIpc) is 2.39. The van der Waals surface area contributed by atoms with Gasteiger partial charge in [0.15, 0.2) is 5.57 Å². The van der Waals surface area contributed by atoms with Crippen molar-refractivity contribution in [3.8, 4) is 5.75 Å². The quantitative estimate of drug-likeness (QED) is 0.352. The van der Waals surface area contributed by atoms with Crippen molar-refractivity contribution in [3.63, 3.8) is 0 Å². The Balaban J connectivity index is 2.79. The van der Waals surface area contributed by atoms with E-state index in [0.717, 1.165) is 6.20 Å². The highest BCUT2D eigenvalue weighted by molar-refractivity contribution is 6.13. The van der Waals surface area contributed by atoms with E-state index in [1.165, 1.54) is 0 Å². The number of aliphatic carboxylic acids is 1. The third-order valence-electron chi connectivity index (χ3n) is 2.20. The maximum Gasteiger partial charge on any atom is 0.347 e. The monoisotopic (exact) mass is 265 g/mol. The number of anilines is 1. The van der Waals surface area contributed by atoms with Crippen molar-refractivity contribution in [2.24, 2.45) is 0 Å².